The van der Waals surface area contributed by atoms with E-state index in [-0.39, 0.29) is 0 Å². The molecule has 1 aromatic carbocycles. The molecule has 0 amide bonds. The summed E-state index contributed by atoms with van der Waals surface area (Å²) in [7, 11) is 0. The first-order valence-corrected chi connectivity index (χ1v) is 8.34. The summed E-state index contributed by atoms with van der Waals surface area (Å²) in [5.41, 5.74) is 4.32. The third kappa shape index (κ3) is 6.41. The molecule has 0 heteroatoms. The Hall–Kier alpha value is -1.04. The van der Waals surface area contributed by atoms with Gasteiger partial charge in [-0.25, -0.2) is 0 Å². The quantitative estimate of drug-likeness (QED) is 0.548. The highest BCUT2D eigenvalue weighted by molar-refractivity contribution is 5.69. The van der Waals surface area contributed by atoms with E-state index in [1.54, 1.807) is 0 Å². The van der Waals surface area contributed by atoms with E-state index in [0.29, 0.717) is 11.8 Å². The molecular weight excluding hydrogens is 240 g/mol. The van der Waals surface area contributed by atoms with Gasteiger partial charge in [0.1, 0.15) is 0 Å². The van der Waals surface area contributed by atoms with Gasteiger partial charge in [-0.05, 0) is 48.8 Å². The predicted octanol–water partition coefficient (Wildman–Crippen LogP) is 7.13. The van der Waals surface area contributed by atoms with Crippen LogP contribution in [0.15, 0.2) is 30.3 Å². The van der Waals surface area contributed by atoms with Crippen LogP contribution < -0.4 is 0 Å². The molecule has 0 spiro atoms. The molecule has 0 heterocycles. The van der Waals surface area contributed by atoms with Gasteiger partial charge in [0.15, 0.2) is 0 Å². The SMILES string of the molecule is C/C=C(\c1ccccc1C)[C@H](CC)C(C)C.CC.CC. The second kappa shape index (κ2) is 13.0. The maximum atomic E-state index is 2.32. The monoisotopic (exact) mass is 276 g/mol. The molecule has 0 saturated carbocycles. The Morgan fingerprint density at radius 1 is 1.05 bits per heavy atom. The van der Waals surface area contributed by atoms with Gasteiger partial charge in [-0.15, -0.1) is 0 Å². The van der Waals surface area contributed by atoms with Gasteiger partial charge < -0.3 is 0 Å². The van der Waals surface area contributed by atoms with Gasteiger partial charge in [0.05, 0.1) is 0 Å². The number of allylic oxidation sites excluding steroid dienone is 2. The van der Waals surface area contributed by atoms with Gasteiger partial charge in [0.2, 0.25) is 0 Å². The molecule has 0 aliphatic heterocycles. The van der Waals surface area contributed by atoms with Crippen molar-refractivity contribution in [2.75, 3.05) is 0 Å². The standard InChI is InChI=1S/C16H24.2C2H6/c1-6-14(12(3)4)15(7-2)16-11-9-8-10-13(16)5;2*1-2/h7-12,14H,6H2,1-5H3;2*1-2H3/b15-7-;;/t14-;;/m1../s1. The molecule has 0 saturated heterocycles. The second-order valence-corrected chi connectivity index (χ2v) is 4.82. The first-order chi connectivity index (χ1) is 9.61. The molecule has 0 bridgehead atoms. The van der Waals surface area contributed by atoms with E-state index in [2.05, 4.69) is 65.0 Å². The number of aryl methyl sites for hydroxylation is 1. The predicted molar refractivity (Wildman–Crippen MR) is 96.1 cm³/mol. The molecule has 116 valence electrons. The largest absolute Gasteiger partial charge is 0.0835 e. The Kier molecular flexibility index (Phi) is 13.8. The van der Waals surface area contributed by atoms with Crippen LogP contribution in [0.1, 0.15) is 72.9 Å². The van der Waals surface area contributed by atoms with Gasteiger partial charge in [-0.1, -0.05) is 78.8 Å². The first kappa shape index (κ1) is 21.3. The van der Waals surface area contributed by atoms with Crippen LogP contribution in [-0.2, 0) is 0 Å². The Morgan fingerprint density at radius 3 is 1.90 bits per heavy atom. The summed E-state index contributed by atoms with van der Waals surface area (Å²) >= 11 is 0. The van der Waals surface area contributed by atoms with Crippen LogP contribution in [0.5, 0.6) is 0 Å². The molecule has 0 aromatic heterocycles. The fourth-order valence-electron chi connectivity index (χ4n) is 2.52. The van der Waals surface area contributed by atoms with Crippen LogP contribution in [0.3, 0.4) is 0 Å². The Bertz CT molecular complexity index is 358. The average molecular weight is 277 g/mol. The number of hydrogen-bond donors (Lipinski definition) is 0. The molecule has 1 atom stereocenters. The van der Waals surface area contributed by atoms with E-state index < -0.39 is 0 Å². The average Bonchev–Trinajstić information content (AvgIpc) is 2.49. The van der Waals surface area contributed by atoms with E-state index in [1.165, 1.54) is 23.1 Å². The fraction of sp³-hybridized carbons (Fsp3) is 0.600. The summed E-state index contributed by atoms with van der Waals surface area (Å²) in [6.45, 7) is 19.3. The summed E-state index contributed by atoms with van der Waals surface area (Å²) in [6.07, 6.45) is 3.50. The van der Waals surface area contributed by atoms with E-state index >= 15 is 0 Å². The van der Waals surface area contributed by atoms with Crippen molar-refractivity contribution in [2.24, 2.45) is 11.8 Å². The molecule has 1 aromatic rings. The molecule has 0 radical (unpaired) electrons. The van der Waals surface area contributed by atoms with Crippen molar-refractivity contribution < 1.29 is 0 Å². The van der Waals surface area contributed by atoms with E-state index in [0.717, 1.165) is 0 Å². The van der Waals surface area contributed by atoms with E-state index in [4.69, 9.17) is 0 Å². The lowest BCUT2D eigenvalue weighted by molar-refractivity contribution is 0.466. The maximum absolute atomic E-state index is 2.32. The van der Waals surface area contributed by atoms with Crippen LogP contribution in [0, 0.1) is 18.8 Å². The summed E-state index contributed by atoms with van der Waals surface area (Å²) in [6, 6.07) is 8.70. The Balaban J connectivity index is 0. The van der Waals surface area contributed by atoms with Crippen LogP contribution >= 0.6 is 0 Å². The van der Waals surface area contributed by atoms with Crippen molar-refractivity contribution in [3.8, 4) is 0 Å². The van der Waals surface area contributed by atoms with Gasteiger partial charge >= 0.3 is 0 Å². The zero-order valence-electron chi connectivity index (χ0n) is 15.2. The zero-order chi connectivity index (χ0) is 16.1. The molecular formula is C20H36. The van der Waals surface area contributed by atoms with Crippen LogP contribution in [0.2, 0.25) is 0 Å². The molecule has 0 fully saturated rings. The molecule has 1 rings (SSSR count). The van der Waals surface area contributed by atoms with Crippen molar-refractivity contribution in [3.63, 3.8) is 0 Å². The summed E-state index contributed by atoms with van der Waals surface area (Å²) in [5.74, 6) is 1.38. The Morgan fingerprint density at radius 2 is 1.55 bits per heavy atom. The zero-order valence-corrected chi connectivity index (χ0v) is 15.2. The highest BCUT2D eigenvalue weighted by Gasteiger charge is 2.17. The summed E-state index contributed by atoms with van der Waals surface area (Å²) in [5, 5.41) is 0. The topological polar surface area (TPSA) is 0 Å². The molecule has 20 heavy (non-hydrogen) atoms. The smallest absolute Gasteiger partial charge is 0.0139 e. The van der Waals surface area contributed by atoms with Crippen molar-refractivity contribution >= 4 is 5.57 Å². The number of hydrogen-bond acceptors (Lipinski definition) is 0. The first-order valence-electron chi connectivity index (χ1n) is 8.34. The minimum absolute atomic E-state index is 0.672. The van der Waals surface area contributed by atoms with Crippen molar-refractivity contribution in [2.45, 2.75) is 68.7 Å². The van der Waals surface area contributed by atoms with Crippen LogP contribution in [0.25, 0.3) is 5.57 Å². The third-order valence-electron chi connectivity index (χ3n) is 3.41. The molecule has 0 aliphatic rings. The van der Waals surface area contributed by atoms with Gasteiger partial charge in [0, 0.05) is 0 Å². The number of rotatable bonds is 4. The highest BCUT2D eigenvalue weighted by Crippen LogP contribution is 2.33. The third-order valence-corrected chi connectivity index (χ3v) is 3.41. The van der Waals surface area contributed by atoms with Crippen LogP contribution in [-0.4, -0.2) is 0 Å². The molecule has 0 N–H and O–H groups in total. The van der Waals surface area contributed by atoms with E-state index in [9.17, 15) is 0 Å². The summed E-state index contributed by atoms with van der Waals surface area (Å²) in [4.78, 5) is 0. The minimum atomic E-state index is 0.672. The lowest BCUT2D eigenvalue weighted by Crippen LogP contribution is -2.10. The fourth-order valence-corrected chi connectivity index (χ4v) is 2.52. The number of benzene rings is 1. The lowest BCUT2D eigenvalue weighted by Gasteiger charge is -2.24. The lowest BCUT2D eigenvalue weighted by atomic mass is 9.81. The second-order valence-electron chi connectivity index (χ2n) is 4.82. The molecule has 0 aliphatic carbocycles. The Labute approximate surface area is 128 Å². The van der Waals surface area contributed by atoms with Gasteiger partial charge in [0.25, 0.3) is 0 Å². The molecule has 0 unspecified atom stereocenters. The van der Waals surface area contributed by atoms with Crippen molar-refractivity contribution in [1.29, 1.82) is 0 Å². The van der Waals surface area contributed by atoms with Crippen molar-refractivity contribution in [1.82, 2.24) is 0 Å². The van der Waals surface area contributed by atoms with Crippen LogP contribution in [0.4, 0.5) is 0 Å². The summed E-state index contributed by atoms with van der Waals surface area (Å²) < 4.78 is 0. The minimum Gasteiger partial charge on any atom is -0.0835 e. The normalized spacial score (nSPS) is 12.0. The van der Waals surface area contributed by atoms with Crippen molar-refractivity contribution in [3.05, 3.63) is 41.5 Å². The van der Waals surface area contributed by atoms with Gasteiger partial charge in [-0.3, -0.25) is 0 Å². The highest BCUT2D eigenvalue weighted by atomic mass is 14.2. The maximum Gasteiger partial charge on any atom is -0.0139 e. The molecule has 0 nitrogen and oxygen atoms in total. The van der Waals surface area contributed by atoms with E-state index in [1.807, 2.05) is 27.7 Å². The van der Waals surface area contributed by atoms with Gasteiger partial charge in [-0.2, -0.15) is 0 Å².